The van der Waals surface area contributed by atoms with Crippen molar-refractivity contribution in [1.29, 1.82) is 0 Å². The number of amides is 3. The molecule has 3 aromatic rings. The van der Waals surface area contributed by atoms with Crippen LogP contribution in [-0.2, 0) is 17.5 Å². The molecule has 2 heterocycles. The maximum atomic E-state index is 13.5. The predicted octanol–water partition coefficient (Wildman–Crippen LogP) is 4.12. The maximum absolute atomic E-state index is 13.5. The van der Waals surface area contributed by atoms with Crippen molar-refractivity contribution < 1.29 is 22.8 Å². The van der Waals surface area contributed by atoms with Crippen LogP contribution in [0.25, 0.3) is 0 Å². The summed E-state index contributed by atoms with van der Waals surface area (Å²) in [6, 6.07) is 10.0. The number of urea groups is 1. The van der Waals surface area contributed by atoms with E-state index in [9.17, 15) is 27.6 Å². The molecule has 0 saturated carbocycles. The summed E-state index contributed by atoms with van der Waals surface area (Å²) in [7, 11) is 3.76. The van der Waals surface area contributed by atoms with Crippen LogP contribution in [0.15, 0.2) is 53.3 Å². The Balaban J connectivity index is 1.66. The van der Waals surface area contributed by atoms with Crippen LogP contribution in [0.1, 0.15) is 42.3 Å². The van der Waals surface area contributed by atoms with Crippen molar-refractivity contribution in [3.63, 3.8) is 0 Å². The van der Waals surface area contributed by atoms with Gasteiger partial charge in [-0.25, -0.2) is 9.78 Å². The lowest BCUT2D eigenvalue weighted by atomic mass is 10.1. The van der Waals surface area contributed by atoms with Gasteiger partial charge in [-0.05, 0) is 48.4 Å². The monoisotopic (exact) mass is 543 g/mol. The van der Waals surface area contributed by atoms with Gasteiger partial charge in [-0.1, -0.05) is 19.1 Å². The summed E-state index contributed by atoms with van der Waals surface area (Å²) in [5.41, 5.74) is 5.46. The van der Waals surface area contributed by atoms with Crippen LogP contribution in [0, 0.1) is 0 Å². The first-order valence-corrected chi connectivity index (χ1v) is 12.1. The molecule has 3 amide bonds. The van der Waals surface area contributed by atoms with Crippen molar-refractivity contribution >= 4 is 34.8 Å². The molecular formula is C26H28F3N7O3. The largest absolute Gasteiger partial charge is 0.416 e. The number of anilines is 4. The third-order valence-electron chi connectivity index (χ3n) is 6.40. The molecule has 39 heavy (non-hydrogen) atoms. The fourth-order valence-corrected chi connectivity index (χ4v) is 4.40. The third-order valence-corrected chi connectivity index (χ3v) is 6.40. The van der Waals surface area contributed by atoms with E-state index in [1.54, 1.807) is 19.1 Å². The normalized spacial score (nSPS) is 16.4. The molecule has 0 aliphatic carbocycles. The fourth-order valence-electron chi connectivity index (χ4n) is 4.40. The number of carbonyl (C=O) groups is 2. The highest BCUT2D eigenvalue weighted by molar-refractivity contribution is 6.01. The number of carbonyl (C=O) groups excluding carboxylic acids is 2. The van der Waals surface area contributed by atoms with Crippen LogP contribution < -0.4 is 32.1 Å². The molecule has 2 unspecified atom stereocenters. The standard InChI is InChI=1S/C26H28F3N7O3/c1-14-11-19(21(30)37)36-23(14)33-22(34-25(39)32-17-7-9-18(10-8-17)35(2)3)20(24(36)38)31-13-15-5-4-6-16(12-15)26(27,28)29/h4-10,12,14,19,31H,11,13H2,1-3H3,(H2,30,37)(H2,32,34,39). The minimum atomic E-state index is -4.54. The van der Waals surface area contributed by atoms with Crippen LogP contribution in [0.3, 0.4) is 0 Å². The first kappa shape index (κ1) is 27.5. The van der Waals surface area contributed by atoms with Gasteiger partial charge in [-0.3, -0.25) is 19.5 Å². The number of aromatic nitrogens is 2. The smallest absolute Gasteiger partial charge is 0.378 e. The van der Waals surface area contributed by atoms with Gasteiger partial charge >= 0.3 is 12.2 Å². The number of nitrogens with one attached hydrogen (secondary N) is 3. The molecule has 5 N–H and O–H groups in total. The fraction of sp³-hybridized carbons (Fsp3) is 0.308. The van der Waals surface area contributed by atoms with E-state index in [2.05, 4.69) is 20.9 Å². The van der Waals surface area contributed by atoms with E-state index in [0.29, 0.717) is 5.69 Å². The molecule has 4 rings (SSSR count). The second-order valence-electron chi connectivity index (χ2n) is 9.50. The summed E-state index contributed by atoms with van der Waals surface area (Å²) < 4.78 is 40.7. The molecule has 1 aromatic heterocycles. The number of alkyl halides is 3. The number of rotatable bonds is 7. The number of hydrogen-bond donors (Lipinski definition) is 4. The van der Waals surface area contributed by atoms with Gasteiger partial charge in [0, 0.05) is 37.9 Å². The van der Waals surface area contributed by atoms with E-state index >= 15 is 0 Å². The molecule has 0 spiro atoms. The van der Waals surface area contributed by atoms with Crippen molar-refractivity contribution in [2.45, 2.75) is 38.0 Å². The number of primary amides is 1. The van der Waals surface area contributed by atoms with Crippen molar-refractivity contribution in [1.82, 2.24) is 9.55 Å². The van der Waals surface area contributed by atoms with Gasteiger partial charge in [0.05, 0.1) is 5.56 Å². The third kappa shape index (κ3) is 5.97. The van der Waals surface area contributed by atoms with E-state index < -0.39 is 35.3 Å². The lowest BCUT2D eigenvalue weighted by Crippen LogP contribution is -2.35. The highest BCUT2D eigenvalue weighted by atomic mass is 19.4. The van der Waals surface area contributed by atoms with Gasteiger partial charge in [0.1, 0.15) is 17.6 Å². The minimum absolute atomic E-state index is 0.127. The van der Waals surface area contributed by atoms with Crippen LogP contribution in [-0.4, -0.2) is 35.6 Å². The van der Waals surface area contributed by atoms with E-state index in [1.165, 1.54) is 16.7 Å². The molecule has 0 saturated heterocycles. The Labute approximate surface area is 222 Å². The van der Waals surface area contributed by atoms with Gasteiger partial charge in [0.25, 0.3) is 5.56 Å². The van der Waals surface area contributed by atoms with Crippen molar-refractivity contribution in [3.8, 4) is 0 Å². The molecule has 2 aromatic carbocycles. The lowest BCUT2D eigenvalue weighted by molar-refractivity contribution is -0.137. The van der Waals surface area contributed by atoms with E-state index in [4.69, 9.17) is 5.73 Å². The first-order valence-electron chi connectivity index (χ1n) is 12.1. The highest BCUT2D eigenvalue weighted by Gasteiger charge is 2.36. The summed E-state index contributed by atoms with van der Waals surface area (Å²) in [6.45, 7) is 1.59. The summed E-state index contributed by atoms with van der Waals surface area (Å²) in [5, 5.41) is 8.03. The molecule has 206 valence electrons. The number of fused-ring (bicyclic) bond motifs is 1. The van der Waals surface area contributed by atoms with Crippen molar-refractivity contribution in [2.75, 3.05) is 34.9 Å². The second kappa shape index (κ2) is 10.7. The molecular weight excluding hydrogens is 515 g/mol. The van der Waals surface area contributed by atoms with Crippen molar-refractivity contribution in [3.05, 3.63) is 75.8 Å². The molecule has 0 bridgehead atoms. The minimum Gasteiger partial charge on any atom is -0.378 e. The van der Waals surface area contributed by atoms with Crippen molar-refractivity contribution in [2.24, 2.45) is 5.73 Å². The number of nitrogens with zero attached hydrogens (tertiary/aromatic N) is 3. The zero-order chi connectivity index (χ0) is 28.5. The SMILES string of the molecule is CC1CC(C(N)=O)n2c1nc(NC(=O)Nc1ccc(N(C)C)cc1)c(NCc1cccc(C(F)(F)F)c1)c2=O. The molecule has 0 radical (unpaired) electrons. The van der Waals surface area contributed by atoms with Crippen LogP contribution in [0.4, 0.5) is 40.8 Å². The summed E-state index contributed by atoms with van der Waals surface area (Å²) in [4.78, 5) is 44.8. The Morgan fingerprint density at radius 2 is 1.82 bits per heavy atom. The molecule has 1 aliphatic heterocycles. The number of nitrogens with two attached hydrogens (primary N) is 1. The molecule has 2 atom stereocenters. The van der Waals surface area contributed by atoms with Gasteiger partial charge in [-0.15, -0.1) is 0 Å². The van der Waals surface area contributed by atoms with E-state index in [1.807, 2.05) is 31.1 Å². The summed E-state index contributed by atoms with van der Waals surface area (Å²) in [6.07, 6.45) is -4.29. The lowest BCUT2D eigenvalue weighted by Gasteiger charge is -2.18. The van der Waals surface area contributed by atoms with Crippen LogP contribution in [0.5, 0.6) is 0 Å². The van der Waals surface area contributed by atoms with Crippen LogP contribution >= 0.6 is 0 Å². The Kier molecular flexibility index (Phi) is 7.52. The zero-order valence-corrected chi connectivity index (χ0v) is 21.5. The van der Waals surface area contributed by atoms with Gasteiger partial charge in [0.2, 0.25) is 5.91 Å². The molecule has 0 fully saturated rings. The quantitative estimate of drug-likeness (QED) is 0.354. The van der Waals surface area contributed by atoms with E-state index in [0.717, 1.165) is 17.8 Å². The Hall–Kier alpha value is -4.55. The summed E-state index contributed by atoms with van der Waals surface area (Å²) in [5.74, 6) is -0.889. The molecule has 1 aliphatic rings. The maximum Gasteiger partial charge on any atom is 0.416 e. The Morgan fingerprint density at radius 1 is 1.13 bits per heavy atom. The predicted molar refractivity (Wildman–Crippen MR) is 142 cm³/mol. The highest BCUT2D eigenvalue weighted by Crippen LogP contribution is 2.35. The number of hydrogen-bond acceptors (Lipinski definition) is 6. The Bertz CT molecular complexity index is 1450. The zero-order valence-electron chi connectivity index (χ0n) is 21.5. The molecule has 13 heteroatoms. The first-order chi connectivity index (χ1) is 18.3. The number of benzene rings is 2. The van der Waals surface area contributed by atoms with Crippen LogP contribution in [0.2, 0.25) is 0 Å². The second-order valence-corrected chi connectivity index (χ2v) is 9.50. The average molecular weight is 544 g/mol. The topological polar surface area (TPSA) is 134 Å². The van der Waals surface area contributed by atoms with E-state index in [-0.39, 0.29) is 41.8 Å². The van der Waals surface area contributed by atoms with Gasteiger partial charge in [0.15, 0.2) is 5.82 Å². The Morgan fingerprint density at radius 3 is 2.44 bits per heavy atom. The average Bonchev–Trinajstić information content (AvgIpc) is 3.20. The number of halogens is 3. The molecule has 10 nitrogen and oxygen atoms in total. The summed E-state index contributed by atoms with van der Waals surface area (Å²) >= 11 is 0. The van der Waals surface area contributed by atoms with Gasteiger partial charge < -0.3 is 21.3 Å². The van der Waals surface area contributed by atoms with Gasteiger partial charge in [-0.2, -0.15) is 13.2 Å².